The highest BCUT2D eigenvalue weighted by Gasteiger charge is 2.28. The van der Waals surface area contributed by atoms with Crippen LogP contribution >= 0.6 is 22.7 Å². The maximum Gasteiger partial charge on any atom is 0.271 e. The van der Waals surface area contributed by atoms with Gasteiger partial charge in [0, 0.05) is 54.3 Å². The van der Waals surface area contributed by atoms with Crippen LogP contribution in [0.1, 0.15) is 44.6 Å². The maximum atomic E-state index is 13.1. The number of piperidine rings is 1. The van der Waals surface area contributed by atoms with Crippen molar-refractivity contribution in [2.45, 2.75) is 25.2 Å². The summed E-state index contributed by atoms with van der Waals surface area (Å²) < 4.78 is 1.51. The molecule has 1 unspecified atom stereocenters. The normalized spacial score (nSPS) is 16.8. The van der Waals surface area contributed by atoms with Crippen LogP contribution in [-0.2, 0) is 6.42 Å². The van der Waals surface area contributed by atoms with Crippen molar-refractivity contribution >= 4 is 33.5 Å². The molecule has 1 amide bonds. The molecule has 5 rings (SSSR count). The average molecular weight is 437 g/mol. The summed E-state index contributed by atoms with van der Waals surface area (Å²) >= 11 is 3.10. The Morgan fingerprint density at radius 2 is 2.07 bits per heavy atom. The fourth-order valence-corrected chi connectivity index (χ4v) is 5.66. The van der Waals surface area contributed by atoms with Crippen molar-refractivity contribution in [2.24, 2.45) is 0 Å². The number of benzene rings is 1. The summed E-state index contributed by atoms with van der Waals surface area (Å²) in [6, 6.07) is 10.1. The van der Waals surface area contributed by atoms with Gasteiger partial charge < -0.3 is 4.90 Å². The van der Waals surface area contributed by atoms with E-state index in [0.29, 0.717) is 18.1 Å². The van der Waals surface area contributed by atoms with E-state index in [1.54, 1.807) is 22.4 Å². The van der Waals surface area contributed by atoms with Crippen LogP contribution in [0.4, 0.5) is 0 Å². The Kier molecular flexibility index (Phi) is 5.18. The van der Waals surface area contributed by atoms with Gasteiger partial charge in [-0.25, -0.2) is 9.97 Å². The summed E-state index contributed by atoms with van der Waals surface area (Å²) in [5.41, 5.74) is 1.02. The van der Waals surface area contributed by atoms with Gasteiger partial charge in [0.1, 0.15) is 5.56 Å². The number of aromatic nitrogens is 3. The second-order valence-electron chi connectivity index (χ2n) is 7.45. The number of nitrogens with zero attached hydrogens (tertiary/aromatic N) is 4. The second kappa shape index (κ2) is 8.12. The van der Waals surface area contributed by atoms with E-state index < -0.39 is 0 Å². The molecule has 8 heteroatoms. The molecule has 1 fully saturated rings. The zero-order valence-electron chi connectivity index (χ0n) is 16.2. The van der Waals surface area contributed by atoms with Crippen LogP contribution in [0.15, 0.2) is 59.1 Å². The molecule has 1 aromatic carbocycles. The topological polar surface area (TPSA) is 67.6 Å². The summed E-state index contributed by atoms with van der Waals surface area (Å²) in [5.74, 6) is -0.000247. The van der Waals surface area contributed by atoms with E-state index in [9.17, 15) is 9.59 Å². The van der Waals surface area contributed by atoms with Crippen molar-refractivity contribution in [3.63, 3.8) is 0 Å². The van der Waals surface area contributed by atoms with E-state index in [0.717, 1.165) is 29.1 Å². The standard InChI is InChI=1S/C22H20N4O2S2/c27-20(25-9-4-7-16(13-25)19-23-8-10-29-19)18-12-24-22-26(21(18)28)14-17(30-22)11-15-5-2-1-3-6-15/h1-3,5-6,8,10,12,14,16H,4,7,9,11,13H2. The van der Waals surface area contributed by atoms with Gasteiger partial charge in [0.05, 0.1) is 5.01 Å². The van der Waals surface area contributed by atoms with Gasteiger partial charge in [0.15, 0.2) is 4.96 Å². The molecule has 1 saturated heterocycles. The summed E-state index contributed by atoms with van der Waals surface area (Å²) in [4.78, 5) is 38.4. The molecule has 1 aliphatic heterocycles. The number of likely N-dealkylation sites (tertiary alicyclic amines) is 1. The molecule has 1 aliphatic rings. The Bertz CT molecular complexity index is 1230. The molecule has 3 aromatic heterocycles. The molecule has 30 heavy (non-hydrogen) atoms. The maximum absolute atomic E-state index is 13.1. The highest BCUT2D eigenvalue weighted by atomic mass is 32.1. The van der Waals surface area contributed by atoms with Crippen LogP contribution in [0.25, 0.3) is 4.96 Å². The number of carbonyl (C=O) groups is 1. The van der Waals surface area contributed by atoms with Crippen molar-refractivity contribution in [1.29, 1.82) is 0 Å². The molecule has 0 radical (unpaired) electrons. The molecule has 1 atom stereocenters. The van der Waals surface area contributed by atoms with Crippen LogP contribution in [0, 0.1) is 0 Å². The minimum Gasteiger partial charge on any atom is -0.338 e. The molecule has 0 aliphatic carbocycles. The number of carbonyl (C=O) groups excluding carboxylic acids is 1. The van der Waals surface area contributed by atoms with Gasteiger partial charge in [-0.2, -0.15) is 0 Å². The predicted octanol–water partition coefficient (Wildman–Crippen LogP) is 3.82. The second-order valence-corrected chi connectivity index (χ2v) is 9.47. The number of hydrogen-bond donors (Lipinski definition) is 0. The smallest absolute Gasteiger partial charge is 0.271 e. The molecule has 4 aromatic rings. The molecule has 0 bridgehead atoms. The SMILES string of the molecule is O=C(c1cnc2sc(Cc3ccccc3)cn2c1=O)N1CCCC(c2nccs2)C1. The van der Waals surface area contributed by atoms with Crippen molar-refractivity contribution < 1.29 is 4.79 Å². The van der Waals surface area contributed by atoms with Gasteiger partial charge in [-0.3, -0.25) is 14.0 Å². The van der Waals surface area contributed by atoms with Crippen molar-refractivity contribution in [1.82, 2.24) is 19.3 Å². The highest BCUT2D eigenvalue weighted by Crippen LogP contribution is 2.28. The molecular formula is C22H20N4O2S2. The van der Waals surface area contributed by atoms with Crippen molar-refractivity contribution in [2.75, 3.05) is 13.1 Å². The first-order valence-electron chi connectivity index (χ1n) is 9.92. The minimum atomic E-state index is -0.295. The van der Waals surface area contributed by atoms with E-state index in [-0.39, 0.29) is 22.9 Å². The van der Waals surface area contributed by atoms with Crippen LogP contribution in [0.2, 0.25) is 0 Å². The number of thiazole rings is 2. The first kappa shape index (κ1) is 19.1. The predicted molar refractivity (Wildman–Crippen MR) is 119 cm³/mol. The first-order valence-corrected chi connectivity index (χ1v) is 11.6. The number of hydrogen-bond acceptors (Lipinski definition) is 6. The van der Waals surface area contributed by atoms with Crippen LogP contribution in [0.3, 0.4) is 0 Å². The minimum absolute atomic E-state index is 0.136. The van der Waals surface area contributed by atoms with Crippen LogP contribution in [-0.4, -0.2) is 38.3 Å². The zero-order chi connectivity index (χ0) is 20.5. The molecular weight excluding hydrogens is 416 g/mol. The highest BCUT2D eigenvalue weighted by molar-refractivity contribution is 7.17. The summed E-state index contributed by atoms with van der Waals surface area (Å²) in [5, 5.41) is 3.02. The van der Waals surface area contributed by atoms with Crippen molar-refractivity contribution in [3.8, 4) is 0 Å². The third kappa shape index (κ3) is 3.68. The van der Waals surface area contributed by atoms with E-state index in [1.807, 2.05) is 29.8 Å². The van der Waals surface area contributed by atoms with Gasteiger partial charge >= 0.3 is 0 Å². The summed E-state index contributed by atoms with van der Waals surface area (Å²) in [7, 11) is 0. The Balaban J connectivity index is 1.40. The first-order chi connectivity index (χ1) is 14.7. The lowest BCUT2D eigenvalue weighted by Crippen LogP contribution is -2.41. The number of rotatable bonds is 4. The lowest BCUT2D eigenvalue weighted by molar-refractivity contribution is 0.0704. The Labute approximate surface area is 181 Å². The lowest BCUT2D eigenvalue weighted by Gasteiger charge is -2.31. The summed E-state index contributed by atoms with van der Waals surface area (Å²) in [6.45, 7) is 1.25. The van der Waals surface area contributed by atoms with E-state index in [4.69, 9.17) is 0 Å². The quantitative estimate of drug-likeness (QED) is 0.488. The third-order valence-electron chi connectivity index (χ3n) is 5.42. The number of amides is 1. The molecule has 0 saturated carbocycles. The van der Waals surface area contributed by atoms with E-state index in [1.165, 1.54) is 27.5 Å². The Morgan fingerprint density at radius 3 is 2.87 bits per heavy atom. The fourth-order valence-electron chi connectivity index (χ4n) is 3.93. The molecule has 0 spiro atoms. The van der Waals surface area contributed by atoms with E-state index in [2.05, 4.69) is 22.1 Å². The Morgan fingerprint density at radius 1 is 1.20 bits per heavy atom. The zero-order valence-corrected chi connectivity index (χ0v) is 17.9. The average Bonchev–Trinajstić information content (AvgIpc) is 3.45. The molecule has 152 valence electrons. The molecule has 0 N–H and O–H groups in total. The molecule has 4 heterocycles. The fraction of sp³-hybridized carbons (Fsp3) is 0.273. The van der Waals surface area contributed by atoms with Gasteiger partial charge in [-0.1, -0.05) is 30.3 Å². The van der Waals surface area contributed by atoms with Crippen LogP contribution < -0.4 is 5.56 Å². The van der Waals surface area contributed by atoms with Gasteiger partial charge in [0.25, 0.3) is 11.5 Å². The largest absolute Gasteiger partial charge is 0.338 e. The number of fused-ring (bicyclic) bond motifs is 1. The van der Waals surface area contributed by atoms with Gasteiger partial charge in [-0.15, -0.1) is 22.7 Å². The van der Waals surface area contributed by atoms with E-state index >= 15 is 0 Å². The summed E-state index contributed by atoms with van der Waals surface area (Å²) in [6.07, 6.45) is 7.71. The third-order valence-corrected chi connectivity index (χ3v) is 7.35. The van der Waals surface area contributed by atoms with Gasteiger partial charge in [-0.05, 0) is 18.4 Å². The van der Waals surface area contributed by atoms with Crippen molar-refractivity contribution in [3.05, 3.63) is 85.7 Å². The lowest BCUT2D eigenvalue weighted by atomic mass is 9.98. The Hall–Kier alpha value is -2.84. The van der Waals surface area contributed by atoms with Crippen LogP contribution in [0.5, 0.6) is 0 Å². The molecule has 6 nitrogen and oxygen atoms in total. The van der Waals surface area contributed by atoms with Gasteiger partial charge in [0.2, 0.25) is 0 Å². The monoisotopic (exact) mass is 436 g/mol.